The maximum absolute atomic E-state index is 5.06. The van der Waals surface area contributed by atoms with Crippen molar-refractivity contribution in [1.82, 2.24) is 19.5 Å². The Kier molecular flexibility index (Phi) is 3.82. The molecule has 0 saturated heterocycles. The van der Waals surface area contributed by atoms with Gasteiger partial charge in [-0.3, -0.25) is 4.57 Å². The fourth-order valence-electron chi connectivity index (χ4n) is 5.32. The number of allylic oxidation sites excluding steroid dienone is 2. The second-order valence-electron chi connectivity index (χ2n) is 8.57. The summed E-state index contributed by atoms with van der Waals surface area (Å²) in [5.41, 5.74) is 4.65. The summed E-state index contributed by atoms with van der Waals surface area (Å²) in [4.78, 5) is 16.9. The molecule has 5 nitrogen and oxygen atoms in total. The molecule has 0 spiro atoms. The molecule has 0 amide bonds. The van der Waals surface area contributed by atoms with Crippen LogP contribution in [0.5, 0.6) is 0 Å². The number of fused-ring (bicyclic) bond motifs is 6. The average molecular weight is 428 g/mol. The SMILES string of the molecule is Cc1nc(N2c3ccccc3C3C=CC=CC32)nc(-n2c3ccccc3c3ccccc32)n1. The van der Waals surface area contributed by atoms with Gasteiger partial charge in [0.2, 0.25) is 11.9 Å². The Morgan fingerprint density at radius 3 is 2.09 bits per heavy atom. The minimum absolute atomic E-state index is 0.153. The van der Waals surface area contributed by atoms with Crippen molar-refractivity contribution in [2.24, 2.45) is 0 Å². The summed E-state index contributed by atoms with van der Waals surface area (Å²) in [5.74, 6) is 2.32. The standard InChI is InChI=1S/C28H21N5/c1-18-29-27(32-23-14-6-2-10-19(23)20-11-3-7-15-24(20)32)31-28(30-18)33-25-16-8-4-12-21(25)22-13-5-9-17-26(22)33/h2-17,19,23H,1H3. The zero-order valence-electron chi connectivity index (χ0n) is 18.1. The molecule has 33 heavy (non-hydrogen) atoms. The van der Waals surface area contributed by atoms with Crippen LogP contribution in [0.4, 0.5) is 11.6 Å². The van der Waals surface area contributed by atoms with Gasteiger partial charge in [-0.05, 0) is 30.7 Å². The molecule has 2 unspecified atom stereocenters. The van der Waals surface area contributed by atoms with E-state index in [-0.39, 0.29) is 6.04 Å². The lowest BCUT2D eigenvalue weighted by molar-refractivity contribution is 0.721. The molecule has 5 aromatic rings. The Balaban J connectivity index is 1.48. The van der Waals surface area contributed by atoms with E-state index in [9.17, 15) is 0 Å². The molecule has 2 aromatic heterocycles. The van der Waals surface area contributed by atoms with Gasteiger partial charge in [-0.25, -0.2) is 0 Å². The first-order valence-electron chi connectivity index (χ1n) is 11.2. The molecule has 7 rings (SSSR count). The first-order valence-corrected chi connectivity index (χ1v) is 11.2. The van der Waals surface area contributed by atoms with Crippen molar-refractivity contribution in [1.29, 1.82) is 0 Å². The first-order chi connectivity index (χ1) is 16.3. The van der Waals surface area contributed by atoms with E-state index in [1.54, 1.807) is 0 Å². The van der Waals surface area contributed by atoms with Gasteiger partial charge < -0.3 is 4.90 Å². The van der Waals surface area contributed by atoms with Crippen molar-refractivity contribution in [3.8, 4) is 5.95 Å². The Morgan fingerprint density at radius 2 is 1.30 bits per heavy atom. The summed E-state index contributed by atoms with van der Waals surface area (Å²) >= 11 is 0. The molecule has 3 heterocycles. The number of para-hydroxylation sites is 3. The predicted molar refractivity (Wildman–Crippen MR) is 132 cm³/mol. The molecule has 2 atom stereocenters. The van der Waals surface area contributed by atoms with Crippen molar-refractivity contribution < 1.29 is 0 Å². The molecule has 0 saturated carbocycles. The highest BCUT2D eigenvalue weighted by Gasteiger charge is 2.38. The van der Waals surface area contributed by atoms with Crippen molar-refractivity contribution in [3.05, 3.63) is 108 Å². The van der Waals surface area contributed by atoms with Crippen LogP contribution in [0.2, 0.25) is 0 Å². The molecule has 158 valence electrons. The molecule has 1 aliphatic carbocycles. The number of hydrogen-bond acceptors (Lipinski definition) is 4. The number of aryl methyl sites for hydroxylation is 1. The molecule has 3 aromatic carbocycles. The summed E-state index contributed by atoms with van der Waals surface area (Å²) in [7, 11) is 0. The van der Waals surface area contributed by atoms with Crippen LogP contribution in [-0.4, -0.2) is 25.6 Å². The fourth-order valence-corrected chi connectivity index (χ4v) is 5.32. The molecule has 2 aliphatic rings. The van der Waals surface area contributed by atoms with E-state index in [2.05, 4.69) is 107 Å². The van der Waals surface area contributed by atoms with E-state index in [1.807, 2.05) is 6.92 Å². The Morgan fingerprint density at radius 1 is 0.667 bits per heavy atom. The highest BCUT2D eigenvalue weighted by atomic mass is 15.3. The normalized spacial score (nSPS) is 18.8. The summed E-state index contributed by atoms with van der Waals surface area (Å²) in [5, 5.41) is 2.39. The van der Waals surface area contributed by atoms with Gasteiger partial charge in [-0.2, -0.15) is 15.0 Å². The van der Waals surface area contributed by atoms with E-state index in [0.717, 1.165) is 16.7 Å². The molecule has 0 N–H and O–H groups in total. The zero-order chi connectivity index (χ0) is 21.9. The lowest BCUT2D eigenvalue weighted by Gasteiger charge is -2.27. The molecule has 0 bridgehead atoms. The van der Waals surface area contributed by atoms with Gasteiger partial charge in [-0.15, -0.1) is 0 Å². The van der Waals surface area contributed by atoms with Crippen LogP contribution in [0.25, 0.3) is 27.8 Å². The van der Waals surface area contributed by atoms with Crippen LogP contribution in [0, 0.1) is 6.92 Å². The number of aromatic nitrogens is 4. The van der Waals surface area contributed by atoms with Crippen molar-refractivity contribution >= 4 is 33.4 Å². The van der Waals surface area contributed by atoms with Crippen molar-refractivity contribution in [3.63, 3.8) is 0 Å². The first kappa shape index (κ1) is 18.3. The van der Waals surface area contributed by atoms with Gasteiger partial charge in [0.1, 0.15) is 5.82 Å². The largest absolute Gasteiger partial charge is 0.302 e. The van der Waals surface area contributed by atoms with Crippen molar-refractivity contribution in [2.45, 2.75) is 18.9 Å². The van der Waals surface area contributed by atoms with E-state index in [1.165, 1.54) is 16.3 Å². The van der Waals surface area contributed by atoms with Crippen LogP contribution in [0.3, 0.4) is 0 Å². The van der Waals surface area contributed by atoms with Gasteiger partial charge in [0.15, 0.2) is 0 Å². The Labute approximate surface area is 191 Å². The fraction of sp³-hybridized carbons (Fsp3) is 0.107. The summed E-state index contributed by atoms with van der Waals surface area (Å²) in [6.07, 6.45) is 8.75. The lowest BCUT2D eigenvalue weighted by Crippen LogP contribution is -2.30. The van der Waals surface area contributed by atoms with Gasteiger partial charge in [0, 0.05) is 22.4 Å². The molecule has 0 radical (unpaired) electrons. The lowest BCUT2D eigenvalue weighted by atomic mass is 9.92. The van der Waals surface area contributed by atoms with Crippen LogP contribution in [-0.2, 0) is 0 Å². The molecule has 1 aliphatic heterocycles. The predicted octanol–water partition coefficient (Wildman–Crippen LogP) is 6.01. The van der Waals surface area contributed by atoms with Crippen LogP contribution >= 0.6 is 0 Å². The molecule has 5 heteroatoms. The third-order valence-corrected chi connectivity index (χ3v) is 6.68. The summed E-state index contributed by atoms with van der Waals surface area (Å²) < 4.78 is 2.15. The van der Waals surface area contributed by atoms with Crippen LogP contribution in [0.1, 0.15) is 17.3 Å². The number of anilines is 2. The molecular weight excluding hydrogens is 406 g/mol. The zero-order valence-corrected chi connectivity index (χ0v) is 18.1. The second-order valence-corrected chi connectivity index (χ2v) is 8.57. The minimum Gasteiger partial charge on any atom is -0.302 e. The van der Waals surface area contributed by atoms with Crippen molar-refractivity contribution in [2.75, 3.05) is 4.90 Å². The summed E-state index contributed by atoms with van der Waals surface area (Å²) in [6, 6.07) is 25.6. The second kappa shape index (κ2) is 6.87. The van der Waals surface area contributed by atoms with E-state index in [0.29, 0.717) is 23.6 Å². The topological polar surface area (TPSA) is 46.8 Å². The van der Waals surface area contributed by atoms with E-state index < -0.39 is 0 Å². The number of hydrogen-bond donors (Lipinski definition) is 0. The number of rotatable bonds is 2. The highest BCUT2D eigenvalue weighted by molar-refractivity contribution is 6.08. The third-order valence-electron chi connectivity index (χ3n) is 6.68. The van der Waals surface area contributed by atoms with Gasteiger partial charge in [0.25, 0.3) is 0 Å². The third kappa shape index (κ3) is 2.62. The van der Waals surface area contributed by atoms with Gasteiger partial charge in [-0.1, -0.05) is 78.9 Å². The Hall–Kier alpha value is -4.25. The van der Waals surface area contributed by atoms with Gasteiger partial charge in [0.05, 0.1) is 17.1 Å². The molecular formula is C28H21N5. The maximum Gasteiger partial charge on any atom is 0.239 e. The highest BCUT2D eigenvalue weighted by Crippen LogP contribution is 2.46. The van der Waals surface area contributed by atoms with Crippen LogP contribution in [0.15, 0.2) is 97.1 Å². The van der Waals surface area contributed by atoms with Gasteiger partial charge >= 0.3 is 0 Å². The van der Waals surface area contributed by atoms with Crippen LogP contribution < -0.4 is 4.90 Å². The smallest absolute Gasteiger partial charge is 0.239 e. The average Bonchev–Trinajstić information content (AvgIpc) is 3.37. The summed E-state index contributed by atoms with van der Waals surface area (Å²) in [6.45, 7) is 1.94. The van der Waals surface area contributed by atoms with E-state index in [4.69, 9.17) is 15.0 Å². The monoisotopic (exact) mass is 427 g/mol. The number of nitrogens with zero attached hydrogens (tertiary/aromatic N) is 5. The Bertz CT molecular complexity index is 1560. The maximum atomic E-state index is 5.06. The number of benzene rings is 3. The van der Waals surface area contributed by atoms with E-state index >= 15 is 0 Å². The minimum atomic E-state index is 0.153. The molecule has 0 fully saturated rings. The quantitative estimate of drug-likeness (QED) is 0.346.